The van der Waals surface area contributed by atoms with Crippen molar-refractivity contribution in [1.82, 2.24) is 10.6 Å². The van der Waals surface area contributed by atoms with Gasteiger partial charge in [0.15, 0.2) is 0 Å². The maximum atomic E-state index is 15.5. The summed E-state index contributed by atoms with van der Waals surface area (Å²) >= 11 is 0. The summed E-state index contributed by atoms with van der Waals surface area (Å²) in [7, 11) is 6.34. The van der Waals surface area contributed by atoms with Crippen LogP contribution >= 0.6 is 0 Å². The standard InChI is InChI=1S/C61H62N2O8/c1-59(2,57(64)62-55(49-31-19-27-41-21-7-13-29-47(41)49)60(66,37-43-23-9-15-33-51(43)68-3)38-44-24-10-16-34-52(44)69-4)58(65)63-56(50-32-20-28-42-22-8-14-30-48(42)50)61(67,39-45-25-11-17-35-53(45)70-5)40-46-26-12-18-36-54(46)71-6/h7-36,55-56,66-67H,37-40H2,1-6H3,(H,62,64)(H,63,65)/t55-,56-/m0/s1. The topological polar surface area (TPSA) is 136 Å². The van der Waals surface area contributed by atoms with E-state index in [1.807, 2.05) is 182 Å². The molecule has 0 saturated carbocycles. The van der Waals surface area contributed by atoms with Gasteiger partial charge in [0.25, 0.3) is 0 Å². The molecule has 0 bridgehead atoms. The fourth-order valence-corrected chi connectivity index (χ4v) is 9.98. The number of rotatable bonds is 20. The van der Waals surface area contributed by atoms with Crippen LogP contribution in [-0.4, -0.2) is 61.7 Å². The van der Waals surface area contributed by atoms with Gasteiger partial charge in [-0.2, -0.15) is 0 Å². The van der Waals surface area contributed by atoms with Gasteiger partial charge < -0.3 is 39.8 Å². The largest absolute Gasteiger partial charge is 0.496 e. The van der Waals surface area contributed by atoms with Gasteiger partial charge in [0.2, 0.25) is 11.8 Å². The third-order valence-electron chi connectivity index (χ3n) is 13.8. The molecular weight excluding hydrogens is 889 g/mol. The molecule has 2 amide bonds. The third kappa shape index (κ3) is 10.6. The Kier molecular flexibility index (Phi) is 15.1. The molecule has 364 valence electrons. The molecule has 10 nitrogen and oxygen atoms in total. The van der Waals surface area contributed by atoms with Crippen LogP contribution in [0.3, 0.4) is 0 Å². The summed E-state index contributed by atoms with van der Waals surface area (Å²) in [5.41, 5.74) is -1.17. The van der Waals surface area contributed by atoms with Gasteiger partial charge in [0.05, 0.1) is 51.7 Å². The van der Waals surface area contributed by atoms with Crippen LogP contribution in [0.4, 0.5) is 0 Å². The van der Waals surface area contributed by atoms with E-state index >= 15 is 9.59 Å². The third-order valence-corrected chi connectivity index (χ3v) is 13.8. The van der Waals surface area contributed by atoms with Gasteiger partial charge in [0, 0.05) is 25.7 Å². The summed E-state index contributed by atoms with van der Waals surface area (Å²) in [6, 6.07) is 55.0. The van der Waals surface area contributed by atoms with Crippen LogP contribution in [0, 0.1) is 5.41 Å². The molecule has 8 aromatic rings. The molecule has 0 aliphatic rings. The van der Waals surface area contributed by atoms with Gasteiger partial charge in [-0.3, -0.25) is 9.59 Å². The molecule has 10 heteroatoms. The van der Waals surface area contributed by atoms with E-state index in [9.17, 15) is 10.2 Å². The molecule has 4 N–H and O–H groups in total. The maximum Gasteiger partial charge on any atom is 0.235 e. The van der Waals surface area contributed by atoms with Crippen molar-refractivity contribution < 1.29 is 38.7 Å². The number of para-hydroxylation sites is 4. The molecule has 0 heterocycles. The fourth-order valence-electron chi connectivity index (χ4n) is 9.98. The van der Waals surface area contributed by atoms with Crippen LogP contribution in [0.5, 0.6) is 23.0 Å². The van der Waals surface area contributed by atoms with Gasteiger partial charge in [0.1, 0.15) is 28.4 Å². The number of hydrogen-bond donors (Lipinski definition) is 4. The highest BCUT2D eigenvalue weighted by Gasteiger charge is 2.48. The summed E-state index contributed by atoms with van der Waals surface area (Å²) in [5, 5.41) is 37.3. The van der Waals surface area contributed by atoms with Crippen LogP contribution in [0.25, 0.3) is 21.5 Å². The number of methoxy groups -OCH3 is 4. The van der Waals surface area contributed by atoms with Crippen LogP contribution in [0.15, 0.2) is 182 Å². The molecule has 0 fully saturated rings. The second kappa shape index (κ2) is 21.5. The monoisotopic (exact) mass is 950 g/mol. The van der Waals surface area contributed by atoms with Crippen LogP contribution in [0.2, 0.25) is 0 Å². The number of hydrogen-bond acceptors (Lipinski definition) is 8. The minimum Gasteiger partial charge on any atom is -0.496 e. The van der Waals surface area contributed by atoms with E-state index in [1.54, 1.807) is 42.3 Å². The van der Waals surface area contributed by atoms with E-state index in [4.69, 9.17) is 18.9 Å². The van der Waals surface area contributed by atoms with Gasteiger partial charge in [-0.15, -0.1) is 0 Å². The first-order chi connectivity index (χ1) is 34.3. The first-order valence-corrected chi connectivity index (χ1v) is 23.8. The predicted octanol–water partition coefficient (Wildman–Crippen LogP) is 10.5. The van der Waals surface area contributed by atoms with Crippen LogP contribution < -0.4 is 29.6 Å². The van der Waals surface area contributed by atoms with Crippen molar-refractivity contribution in [2.24, 2.45) is 5.41 Å². The van der Waals surface area contributed by atoms with E-state index < -0.39 is 40.5 Å². The summed E-state index contributed by atoms with van der Waals surface area (Å²) in [5.74, 6) is 0.981. The number of benzene rings is 8. The summed E-state index contributed by atoms with van der Waals surface area (Å²) in [6.07, 6.45) is 0.158. The van der Waals surface area contributed by atoms with E-state index in [0.717, 1.165) is 21.5 Å². The first kappa shape index (κ1) is 49.8. The Bertz CT molecular complexity index is 2830. The smallest absolute Gasteiger partial charge is 0.235 e. The molecule has 0 radical (unpaired) electrons. The molecule has 0 saturated heterocycles. The molecule has 0 aliphatic carbocycles. The zero-order valence-electron chi connectivity index (χ0n) is 41.1. The number of carbonyl (C=O) groups excluding carboxylic acids is 2. The average molecular weight is 951 g/mol. The lowest BCUT2D eigenvalue weighted by Gasteiger charge is -2.41. The van der Waals surface area contributed by atoms with E-state index in [1.165, 1.54) is 0 Å². The Morgan fingerprint density at radius 3 is 0.986 bits per heavy atom. The first-order valence-electron chi connectivity index (χ1n) is 23.8. The lowest BCUT2D eigenvalue weighted by atomic mass is 9.76. The molecule has 2 atom stereocenters. The number of nitrogens with one attached hydrogen (secondary N) is 2. The quantitative estimate of drug-likeness (QED) is 0.0555. The second-order valence-corrected chi connectivity index (χ2v) is 18.7. The average Bonchev–Trinajstić information content (AvgIpc) is 3.39. The van der Waals surface area contributed by atoms with Gasteiger partial charge in [-0.05, 0) is 93.0 Å². The summed E-state index contributed by atoms with van der Waals surface area (Å²) < 4.78 is 23.3. The van der Waals surface area contributed by atoms with Crippen molar-refractivity contribution in [2.75, 3.05) is 28.4 Å². The van der Waals surface area contributed by atoms with Crippen LogP contribution in [0.1, 0.15) is 59.3 Å². The number of fused-ring (bicyclic) bond motifs is 2. The van der Waals surface area contributed by atoms with E-state index in [2.05, 4.69) is 10.6 Å². The van der Waals surface area contributed by atoms with E-state index in [-0.39, 0.29) is 25.7 Å². The maximum absolute atomic E-state index is 15.5. The molecule has 8 rings (SSSR count). The van der Waals surface area contributed by atoms with Crippen molar-refractivity contribution in [1.29, 1.82) is 0 Å². The molecular formula is C61H62N2O8. The van der Waals surface area contributed by atoms with Crippen molar-refractivity contribution in [2.45, 2.75) is 62.8 Å². The Labute approximate surface area is 416 Å². The normalized spacial score (nSPS) is 12.7. The molecule has 0 aromatic heterocycles. The number of ether oxygens (including phenoxy) is 4. The lowest BCUT2D eigenvalue weighted by Crippen LogP contribution is -2.57. The minimum absolute atomic E-state index is 0.0396. The highest BCUT2D eigenvalue weighted by Crippen LogP contribution is 2.43. The Balaban J connectivity index is 1.26. The minimum atomic E-state index is -1.81. The zero-order chi connectivity index (χ0) is 50.2. The van der Waals surface area contributed by atoms with Crippen LogP contribution in [-0.2, 0) is 35.3 Å². The Hall–Kier alpha value is -7.66. The van der Waals surface area contributed by atoms with Gasteiger partial charge in [-0.25, -0.2) is 0 Å². The highest BCUT2D eigenvalue weighted by atomic mass is 16.5. The molecule has 71 heavy (non-hydrogen) atoms. The number of carbonyl (C=O) groups is 2. The summed E-state index contributed by atoms with van der Waals surface area (Å²) in [6.45, 7) is 3.13. The number of amides is 2. The number of aliphatic hydroxyl groups is 2. The van der Waals surface area contributed by atoms with Crippen molar-refractivity contribution in [3.8, 4) is 23.0 Å². The Morgan fingerprint density at radius 2 is 0.676 bits per heavy atom. The molecule has 8 aromatic carbocycles. The highest BCUT2D eigenvalue weighted by molar-refractivity contribution is 6.05. The zero-order valence-corrected chi connectivity index (χ0v) is 41.1. The molecule has 0 unspecified atom stereocenters. The molecule has 0 spiro atoms. The lowest BCUT2D eigenvalue weighted by molar-refractivity contribution is -0.145. The second-order valence-electron chi connectivity index (χ2n) is 18.7. The summed E-state index contributed by atoms with van der Waals surface area (Å²) in [4.78, 5) is 31.0. The predicted molar refractivity (Wildman–Crippen MR) is 280 cm³/mol. The molecule has 0 aliphatic heterocycles. The van der Waals surface area contributed by atoms with Gasteiger partial charge in [-0.1, -0.05) is 158 Å². The Morgan fingerprint density at radius 1 is 0.408 bits per heavy atom. The van der Waals surface area contributed by atoms with Gasteiger partial charge >= 0.3 is 0 Å². The SMILES string of the molecule is COc1ccccc1CC(O)(Cc1ccccc1OC)[C@@H](NC(=O)C(C)(C)C(=O)N[C@@H](c1cccc2ccccc12)C(O)(Cc1ccccc1OC)Cc1ccccc1OC)c1cccc2ccccc12. The van der Waals surface area contributed by atoms with Crippen molar-refractivity contribution >= 4 is 33.4 Å². The fraction of sp³-hybridized carbons (Fsp3) is 0.246. The van der Waals surface area contributed by atoms with Crippen molar-refractivity contribution in [3.05, 3.63) is 215 Å². The van der Waals surface area contributed by atoms with E-state index in [0.29, 0.717) is 56.4 Å². The van der Waals surface area contributed by atoms with Crippen molar-refractivity contribution in [3.63, 3.8) is 0 Å².